The molecule has 0 saturated heterocycles. The molecule has 0 aliphatic carbocycles. The van der Waals surface area contributed by atoms with Crippen molar-refractivity contribution in [2.75, 3.05) is 7.05 Å². The predicted molar refractivity (Wildman–Crippen MR) is 39.7 cm³/mol. The molecule has 0 unspecified atom stereocenters. The van der Waals surface area contributed by atoms with E-state index in [1.165, 1.54) is 7.05 Å². The Morgan fingerprint density at radius 3 is 2.25 bits per heavy atom. The third kappa shape index (κ3) is 9.51. The van der Waals surface area contributed by atoms with Gasteiger partial charge in [0.15, 0.2) is 0 Å². The number of amides is 1. The molecular weight excluding hydrogens is 197 g/mol. The summed E-state index contributed by atoms with van der Waals surface area (Å²) in [4.78, 5) is 10.4. The van der Waals surface area contributed by atoms with Gasteiger partial charge in [-0.25, -0.2) is 5.43 Å². The summed E-state index contributed by atoms with van der Waals surface area (Å²) in [5.74, 6) is -0.662. The fraction of sp³-hybridized carbons (Fsp3) is 0.800. The maximum Gasteiger partial charge on any atom is 0.389 e. The molecule has 12 heavy (non-hydrogen) atoms. The van der Waals surface area contributed by atoms with E-state index < -0.39 is 24.9 Å². The number of alkyl halides is 3. The third-order valence-corrected chi connectivity index (χ3v) is 0.900. The van der Waals surface area contributed by atoms with Gasteiger partial charge in [-0.15, -0.1) is 12.4 Å². The third-order valence-electron chi connectivity index (χ3n) is 0.900. The molecule has 0 aromatic heterocycles. The van der Waals surface area contributed by atoms with Crippen LogP contribution in [0.25, 0.3) is 0 Å². The van der Waals surface area contributed by atoms with E-state index in [1.807, 2.05) is 5.43 Å². The van der Waals surface area contributed by atoms with Gasteiger partial charge in [0, 0.05) is 13.5 Å². The molecule has 7 heteroatoms. The lowest BCUT2D eigenvalue weighted by Crippen LogP contribution is -2.34. The van der Waals surface area contributed by atoms with Crippen molar-refractivity contribution in [2.24, 2.45) is 0 Å². The largest absolute Gasteiger partial charge is 0.389 e. The van der Waals surface area contributed by atoms with E-state index in [2.05, 4.69) is 5.43 Å². The van der Waals surface area contributed by atoms with Crippen molar-refractivity contribution in [3.8, 4) is 0 Å². The second-order valence-electron chi connectivity index (χ2n) is 1.91. The second-order valence-corrected chi connectivity index (χ2v) is 1.91. The summed E-state index contributed by atoms with van der Waals surface area (Å²) in [5, 5.41) is 0. The zero-order valence-corrected chi connectivity index (χ0v) is 7.18. The van der Waals surface area contributed by atoms with Gasteiger partial charge in [-0.2, -0.15) is 13.2 Å². The minimum Gasteiger partial charge on any atom is -0.292 e. The molecule has 0 atom stereocenters. The average molecular weight is 207 g/mol. The normalized spacial score (nSPS) is 10.3. The quantitative estimate of drug-likeness (QED) is 0.677. The van der Waals surface area contributed by atoms with Crippen molar-refractivity contribution in [1.29, 1.82) is 0 Å². The van der Waals surface area contributed by atoms with E-state index in [1.54, 1.807) is 0 Å². The zero-order valence-electron chi connectivity index (χ0n) is 6.36. The van der Waals surface area contributed by atoms with Crippen LogP contribution in [-0.4, -0.2) is 19.1 Å². The molecule has 2 N–H and O–H groups in total. The van der Waals surface area contributed by atoms with Crippen LogP contribution >= 0.6 is 12.4 Å². The Kier molecular flexibility index (Phi) is 7.12. The SMILES string of the molecule is CNNC(=O)CCC(F)(F)F.Cl. The lowest BCUT2D eigenvalue weighted by molar-refractivity contribution is -0.144. The topological polar surface area (TPSA) is 41.1 Å². The average Bonchev–Trinajstić information content (AvgIpc) is 1.83. The summed E-state index contributed by atoms with van der Waals surface area (Å²) < 4.78 is 34.4. The molecular formula is C5H10ClF3N2O. The maximum absolute atomic E-state index is 11.5. The lowest BCUT2D eigenvalue weighted by atomic mass is 10.3. The van der Waals surface area contributed by atoms with Crippen LogP contribution in [0.4, 0.5) is 13.2 Å². The summed E-state index contributed by atoms with van der Waals surface area (Å²) in [7, 11) is 1.41. The highest BCUT2D eigenvalue weighted by Crippen LogP contribution is 2.20. The van der Waals surface area contributed by atoms with E-state index >= 15 is 0 Å². The molecule has 1 amide bonds. The van der Waals surface area contributed by atoms with Gasteiger partial charge in [0.1, 0.15) is 0 Å². The Hall–Kier alpha value is -0.490. The molecule has 3 nitrogen and oxygen atoms in total. The van der Waals surface area contributed by atoms with Gasteiger partial charge in [0.05, 0.1) is 6.42 Å². The lowest BCUT2D eigenvalue weighted by Gasteiger charge is -2.05. The summed E-state index contributed by atoms with van der Waals surface area (Å²) >= 11 is 0. The monoisotopic (exact) mass is 206 g/mol. The second kappa shape index (κ2) is 6.07. The summed E-state index contributed by atoms with van der Waals surface area (Å²) in [5.41, 5.74) is 4.27. The standard InChI is InChI=1S/C5H9F3N2O.ClH/c1-9-10-4(11)2-3-5(6,7)8;/h9H,2-3H2,1H3,(H,10,11);1H. The Morgan fingerprint density at radius 2 is 1.92 bits per heavy atom. The van der Waals surface area contributed by atoms with Crippen LogP contribution in [0.1, 0.15) is 12.8 Å². The molecule has 0 aliphatic rings. The molecule has 0 saturated carbocycles. The first-order valence-corrected chi connectivity index (χ1v) is 2.98. The van der Waals surface area contributed by atoms with Gasteiger partial charge < -0.3 is 0 Å². The van der Waals surface area contributed by atoms with Crippen LogP contribution in [0.15, 0.2) is 0 Å². The molecule has 0 aromatic rings. The number of carbonyl (C=O) groups excluding carboxylic acids is 1. The van der Waals surface area contributed by atoms with E-state index in [-0.39, 0.29) is 12.4 Å². The predicted octanol–water partition coefficient (Wildman–Crippen LogP) is 1.00. The number of halogens is 4. The molecule has 0 fully saturated rings. The summed E-state index contributed by atoms with van der Waals surface area (Å²) in [6, 6.07) is 0. The van der Waals surface area contributed by atoms with Gasteiger partial charge in [-0.3, -0.25) is 10.2 Å². The maximum atomic E-state index is 11.5. The van der Waals surface area contributed by atoms with E-state index in [9.17, 15) is 18.0 Å². The van der Waals surface area contributed by atoms with Gasteiger partial charge in [-0.1, -0.05) is 0 Å². The highest BCUT2D eigenvalue weighted by atomic mass is 35.5. The molecule has 0 heterocycles. The van der Waals surface area contributed by atoms with Gasteiger partial charge in [0.25, 0.3) is 0 Å². The highest BCUT2D eigenvalue weighted by molar-refractivity contribution is 5.85. The Bertz CT molecular complexity index is 139. The van der Waals surface area contributed by atoms with Crippen LogP contribution in [0, 0.1) is 0 Å². The number of hydrogen-bond acceptors (Lipinski definition) is 2. The molecule has 0 radical (unpaired) electrons. The van der Waals surface area contributed by atoms with Crippen LogP contribution < -0.4 is 10.9 Å². The number of hydrazine groups is 1. The van der Waals surface area contributed by atoms with Gasteiger partial charge in [-0.05, 0) is 0 Å². The van der Waals surface area contributed by atoms with Crippen LogP contribution in [-0.2, 0) is 4.79 Å². The Balaban J connectivity index is 0. The first-order chi connectivity index (χ1) is 4.95. The van der Waals surface area contributed by atoms with Crippen molar-refractivity contribution >= 4 is 18.3 Å². The summed E-state index contributed by atoms with van der Waals surface area (Å²) in [6.45, 7) is 0. The van der Waals surface area contributed by atoms with Crippen molar-refractivity contribution in [3.63, 3.8) is 0 Å². The smallest absolute Gasteiger partial charge is 0.292 e. The summed E-state index contributed by atoms with van der Waals surface area (Å²) in [6.07, 6.45) is -5.88. The zero-order chi connectivity index (χ0) is 8.91. The molecule has 0 bridgehead atoms. The Morgan fingerprint density at radius 1 is 1.42 bits per heavy atom. The van der Waals surface area contributed by atoms with Crippen LogP contribution in [0.5, 0.6) is 0 Å². The van der Waals surface area contributed by atoms with E-state index in [0.29, 0.717) is 0 Å². The molecule has 0 aromatic carbocycles. The van der Waals surface area contributed by atoms with Crippen LogP contribution in [0.3, 0.4) is 0 Å². The van der Waals surface area contributed by atoms with Crippen molar-refractivity contribution < 1.29 is 18.0 Å². The molecule has 0 rings (SSSR count). The fourth-order valence-electron chi connectivity index (χ4n) is 0.457. The van der Waals surface area contributed by atoms with Gasteiger partial charge in [0.2, 0.25) is 5.91 Å². The first-order valence-electron chi connectivity index (χ1n) is 2.98. The van der Waals surface area contributed by atoms with Crippen molar-refractivity contribution in [1.82, 2.24) is 10.9 Å². The minimum absolute atomic E-state index is 0. The molecule has 0 spiro atoms. The Labute approximate surface area is 74.1 Å². The highest BCUT2D eigenvalue weighted by Gasteiger charge is 2.27. The van der Waals surface area contributed by atoms with Crippen molar-refractivity contribution in [3.05, 3.63) is 0 Å². The van der Waals surface area contributed by atoms with Crippen molar-refractivity contribution in [2.45, 2.75) is 19.0 Å². The number of nitrogens with one attached hydrogen (secondary N) is 2. The van der Waals surface area contributed by atoms with Crippen LogP contribution in [0.2, 0.25) is 0 Å². The minimum atomic E-state index is -4.26. The van der Waals surface area contributed by atoms with Gasteiger partial charge >= 0.3 is 6.18 Å². The van der Waals surface area contributed by atoms with E-state index in [0.717, 1.165) is 0 Å². The van der Waals surface area contributed by atoms with E-state index in [4.69, 9.17) is 0 Å². The fourth-order valence-corrected chi connectivity index (χ4v) is 0.457. The first kappa shape index (κ1) is 14.1. The molecule has 74 valence electrons. The molecule has 0 aliphatic heterocycles. The number of carbonyl (C=O) groups is 1. The number of hydrogen-bond donors (Lipinski definition) is 2. The number of rotatable bonds is 3.